The Labute approximate surface area is 142 Å². The quantitative estimate of drug-likeness (QED) is 0.427. The number of hydrogen-bond donors (Lipinski definition) is 1. The van der Waals surface area contributed by atoms with Crippen molar-refractivity contribution < 1.29 is 9.84 Å². The third kappa shape index (κ3) is 11.0. The lowest BCUT2D eigenvalue weighted by molar-refractivity contribution is 0.304. The highest BCUT2D eigenvalue weighted by molar-refractivity contribution is 5.50. The Kier molecular flexibility index (Phi) is 12.3. The summed E-state index contributed by atoms with van der Waals surface area (Å²) in [7, 11) is 0. The van der Waals surface area contributed by atoms with E-state index in [4.69, 9.17) is 9.84 Å². The highest BCUT2D eigenvalue weighted by atomic mass is 16.5. The van der Waals surface area contributed by atoms with Crippen LogP contribution in [0.3, 0.4) is 0 Å². The van der Waals surface area contributed by atoms with Crippen molar-refractivity contribution in [3.63, 3.8) is 0 Å². The highest BCUT2D eigenvalue weighted by Gasteiger charge is 1.95. The summed E-state index contributed by atoms with van der Waals surface area (Å²) in [6.07, 6.45) is 17.1. The van der Waals surface area contributed by atoms with Crippen LogP contribution in [0.5, 0.6) is 5.75 Å². The molecule has 0 aliphatic rings. The normalized spacial score (nSPS) is 11.2. The van der Waals surface area contributed by atoms with Crippen LogP contribution in [0, 0.1) is 0 Å². The van der Waals surface area contributed by atoms with E-state index in [0.717, 1.165) is 24.3 Å². The molecule has 1 N–H and O–H groups in total. The van der Waals surface area contributed by atoms with Crippen molar-refractivity contribution in [2.75, 3.05) is 13.2 Å². The standard InChI is InChI=1S/C21H34O2/c1-2-3-4-5-6-7-8-9-10-11-19-23-21-16-14-20(15-17-21)13-12-18-22/h12-17,22H,2-11,18-19H2,1H3. The molecule has 0 aromatic heterocycles. The SMILES string of the molecule is CCCCCCCCCCCCOc1ccc(C=CCO)cc1. The largest absolute Gasteiger partial charge is 0.494 e. The molecule has 0 radical (unpaired) electrons. The van der Waals surface area contributed by atoms with Crippen LogP contribution in [0.25, 0.3) is 6.08 Å². The van der Waals surface area contributed by atoms with Crippen molar-refractivity contribution in [2.24, 2.45) is 0 Å². The molecule has 2 nitrogen and oxygen atoms in total. The molecule has 1 aromatic rings. The van der Waals surface area contributed by atoms with Gasteiger partial charge in [0, 0.05) is 0 Å². The zero-order valence-corrected chi connectivity index (χ0v) is 14.8. The molecule has 0 amide bonds. The summed E-state index contributed by atoms with van der Waals surface area (Å²) < 4.78 is 5.76. The first-order valence-corrected chi connectivity index (χ1v) is 9.37. The summed E-state index contributed by atoms with van der Waals surface area (Å²) in [5.41, 5.74) is 1.09. The Bertz CT molecular complexity index is 395. The first-order valence-electron chi connectivity index (χ1n) is 9.37. The van der Waals surface area contributed by atoms with Gasteiger partial charge in [0.2, 0.25) is 0 Å². The fourth-order valence-corrected chi connectivity index (χ4v) is 2.64. The van der Waals surface area contributed by atoms with E-state index in [1.807, 2.05) is 30.3 Å². The molecule has 0 heterocycles. The molecule has 0 unspecified atom stereocenters. The summed E-state index contributed by atoms with van der Waals surface area (Å²) >= 11 is 0. The Balaban J connectivity index is 1.95. The lowest BCUT2D eigenvalue weighted by Crippen LogP contribution is -1.97. The van der Waals surface area contributed by atoms with E-state index >= 15 is 0 Å². The van der Waals surface area contributed by atoms with Gasteiger partial charge in [0.15, 0.2) is 0 Å². The van der Waals surface area contributed by atoms with Gasteiger partial charge in [-0.1, -0.05) is 89.0 Å². The molecule has 0 aliphatic carbocycles. The van der Waals surface area contributed by atoms with E-state index in [2.05, 4.69) is 6.92 Å². The maximum atomic E-state index is 8.74. The van der Waals surface area contributed by atoms with Crippen LogP contribution in [0.1, 0.15) is 76.7 Å². The van der Waals surface area contributed by atoms with Gasteiger partial charge in [0.25, 0.3) is 0 Å². The predicted molar refractivity (Wildman–Crippen MR) is 99.9 cm³/mol. The fourth-order valence-electron chi connectivity index (χ4n) is 2.64. The lowest BCUT2D eigenvalue weighted by Gasteiger charge is -2.06. The maximum absolute atomic E-state index is 8.74. The van der Waals surface area contributed by atoms with Crippen molar-refractivity contribution in [1.82, 2.24) is 0 Å². The smallest absolute Gasteiger partial charge is 0.119 e. The summed E-state index contributed by atoms with van der Waals surface area (Å²) in [5, 5.41) is 8.74. The number of hydrogen-bond acceptors (Lipinski definition) is 2. The van der Waals surface area contributed by atoms with Crippen molar-refractivity contribution >= 4 is 6.08 Å². The molecular formula is C21H34O2. The zero-order chi connectivity index (χ0) is 16.6. The van der Waals surface area contributed by atoms with Crippen LogP contribution in [0.2, 0.25) is 0 Å². The second-order valence-electron chi connectivity index (χ2n) is 6.18. The lowest BCUT2D eigenvalue weighted by atomic mass is 10.1. The highest BCUT2D eigenvalue weighted by Crippen LogP contribution is 2.14. The first-order chi connectivity index (χ1) is 11.4. The topological polar surface area (TPSA) is 29.5 Å². The second kappa shape index (κ2) is 14.3. The molecular weight excluding hydrogens is 284 g/mol. The van der Waals surface area contributed by atoms with Crippen LogP contribution in [-0.4, -0.2) is 18.3 Å². The first kappa shape index (κ1) is 19.8. The van der Waals surface area contributed by atoms with Gasteiger partial charge in [-0.15, -0.1) is 0 Å². The minimum Gasteiger partial charge on any atom is -0.494 e. The minimum atomic E-state index is 0.0803. The molecule has 0 bridgehead atoms. The van der Waals surface area contributed by atoms with E-state index in [1.165, 1.54) is 57.8 Å². The Morgan fingerprint density at radius 2 is 1.39 bits per heavy atom. The monoisotopic (exact) mass is 318 g/mol. The molecule has 1 rings (SSSR count). The number of aliphatic hydroxyl groups excluding tert-OH is 1. The van der Waals surface area contributed by atoms with E-state index in [-0.39, 0.29) is 6.61 Å². The molecule has 0 saturated carbocycles. The average Bonchev–Trinajstić information content (AvgIpc) is 2.59. The average molecular weight is 319 g/mol. The van der Waals surface area contributed by atoms with Gasteiger partial charge < -0.3 is 9.84 Å². The molecule has 0 fully saturated rings. The number of rotatable bonds is 14. The van der Waals surface area contributed by atoms with Crippen LogP contribution in [0.15, 0.2) is 30.3 Å². The number of ether oxygens (including phenoxy) is 1. The van der Waals surface area contributed by atoms with Gasteiger partial charge in [0.1, 0.15) is 5.75 Å². The third-order valence-electron chi connectivity index (χ3n) is 4.06. The maximum Gasteiger partial charge on any atom is 0.119 e. The van der Waals surface area contributed by atoms with Gasteiger partial charge in [-0.25, -0.2) is 0 Å². The third-order valence-corrected chi connectivity index (χ3v) is 4.06. The molecule has 2 heteroatoms. The number of benzene rings is 1. The van der Waals surface area contributed by atoms with Gasteiger partial charge >= 0.3 is 0 Å². The van der Waals surface area contributed by atoms with Gasteiger partial charge in [-0.2, -0.15) is 0 Å². The number of aliphatic hydroxyl groups is 1. The molecule has 0 spiro atoms. The zero-order valence-electron chi connectivity index (χ0n) is 14.8. The van der Waals surface area contributed by atoms with Gasteiger partial charge in [-0.05, 0) is 24.1 Å². The number of unbranched alkanes of at least 4 members (excludes halogenated alkanes) is 9. The Hall–Kier alpha value is -1.28. The van der Waals surface area contributed by atoms with Crippen LogP contribution in [0.4, 0.5) is 0 Å². The van der Waals surface area contributed by atoms with Crippen molar-refractivity contribution in [3.05, 3.63) is 35.9 Å². The Morgan fingerprint density at radius 3 is 1.96 bits per heavy atom. The predicted octanol–water partition coefficient (Wildman–Crippen LogP) is 5.99. The molecule has 130 valence electrons. The molecule has 23 heavy (non-hydrogen) atoms. The van der Waals surface area contributed by atoms with Gasteiger partial charge in [-0.3, -0.25) is 0 Å². The molecule has 1 aromatic carbocycles. The van der Waals surface area contributed by atoms with Crippen molar-refractivity contribution in [2.45, 2.75) is 71.1 Å². The molecule has 0 aliphatic heterocycles. The van der Waals surface area contributed by atoms with E-state index < -0.39 is 0 Å². The molecule has 0 atom stereocenters. The summed E-state index contributed by atoms with van der Waals surface area (Å²) in [4.78, 5) is 0. The summed E-state index contributed by atoms with van der Waals surface area (Å²) in [5.74, 6) is 0.932. The Morgan fingerprint density at radius 1 is 0.826 bits per heavy atom. The van der Waals surface area contributed by atoms with E-state index in [9.17, 15) is 0 Å². The van der Waals surface area contributed by atoms with Crippen LogP contribution in [-0.2, 0) is 0 Å². The minimum absolute atomic E-state index is 0.0803. The van der Waals surface area contributed by atoms with Crippen LogP contribution < -0.4 is 4.74 Å². The fraction of sp³-hybridized carbons (Fsp3) is 0.619. The van der Waals surface area contributed by atoms with Crippen molar-refractivity contribution in [1.29, 1.82) is 0 Å². The van der Waals surface area contributed by atoms with Crippen LogP contribution >= 0.6 is 0 Å². The van der Waals surface area contributed by atoms with E-state index in [1.54, 1.807) is 6.08 Å². The summed E-state index contributed by atoms with van der Waals surface area (Å²) in [6, 6.07) is 8.01. The van der Waals surface area contributed by atoms with Gasteiger partial charge in [0.05, 0.1) is 13.2 Å². The van der Waals surface area contributed by atoms with E-state index in [0.29, 0.717) is 0 Å². The summed E-state index contributed by atoms with van der Waals surface area (Å²) in [6.45, 7) is 3.16. The second-order valence-corrected chi connectivity index (χ2v) is 6.18. The van der Waals surface area contributed by atoms with Crippen molar-refractivity contribution in [3.8, 4) is 5.75 Å². The molecule has 0 saturated heterocycles.